The van der Waals surface area contributed by atoms with Crippen molar-refractivity contribution in [2.45, 2.75) is 6.92 Å². The zero-order valence-electron chi connectivity index (χ0n) is 8.03. The third-order valence-corrected chi connectivity index (χ3v) is 2.28. The van der Waals surface area contributed by atoms with E-state index in [9.17, 15) is 4.79 Å². The predicted octanol–water partition coefficient (Wildman–Crippen LogP) is 2.56. The van der Waals surface area contributed by atoms with Crippen molar-refractivity contribution in [2.75, 3.05) is 7.11 Å². The SMILES string of the molecule is COc1cccc2oc(C=O)c(C)c12. The van der Waals surface area contributed by atoms with Gasteiger partial charge in [0.1, 0.15) is 11.3 Å². The summed E-state index contributed by atoms with van der Waals surface area (Å²) in [5.74, 6) is 1.10. The van der Waals surface area contributed by atoms with Crippen molar-refractivity contribution in [3.63, 3.8) is 0 Å². The van der Waals surface area contributed by atoms with Crippen LogP contribution in [0.2, 0.25) is 0 Å². The van der Waals surface area contributed by atoms with Crippen LogP contribution < -0.4 is 4.74 Å². The molecule has 0 atom stereocenters. The number of aldehydes is 1. The Bertz CT molecular complexity index is 482. The lowest BCUT2D eigenvalue weighted by atomic mass is 10.1. The topological polar surface area (TPSA) is 39.4 Å². The van der Waals surface area contributed by atoms with E-state index in [1.54, 1.807) is 7.11 Å². The molecule has 0 amide bonds. The average molecular weight is 190 g/mol. The van der Waals surface area contributed by atoms with Crippen molar-refractivity contribution >= 4 is 17.3 Å². The van der Waals surface area contributed by atoms with E-state index in [2.05, 4.69) is 0 Å². The highest BCUT2D eigenvalue weighted by Gasteiger charge is 2.12. The van der Waals surface area contributed by atoms with Gasteiger partial charge in [-0.15, -0.1) is 0 Å². The summed E-state index contributed by atoms with van der Waals surface area (Å²) in [6, 6.07) is 5.50. The fraction of sp³-hybridized carbons (Fsp3) is 0.182. The van der Waals surface area contributed by atoms with Crippen molar-refractivity contribution < 1.29 is 13.9 Å². The van der Waals surface area contributed by atoms with Crippen LogP contribution in [-0.4, -0.2) is 13.4 Å². The third kappa shape index (κ3) is 1.09. The molecule has 0 saturated carbocycles. The molecule has 2 rings (SSSR count). The highest BCUT2D eigenvalue weighted by Crippen LogP contribution is 2.31. The molecule has 0 radical (unpaired) electrons. The van der Waals surface area contributed by atoms with Gasteiger partial charge in [0.25, 0.3) is 0 Å². The van der Waals surface area contributed by atoms with Crippen LogP contribution in [0.25, 0.3) is 11.0 Å². The molecule has 0 spiro atoms. The van der Waals surface area contributed by atoms with Gasteiger partial charge in [-0.2, -0.15) is 0 Å². The van der Waals surface area contributed by atoms with Gasteiger partial charge in [-0.1, -0.05) is 6.07 Å². The molecular formula is C11H10O3. The molecule has 1 aromatic heterocycles. The molecule has 0 aliphatic carbocycles. The summed E-state index contributed by atoms with van der Waals surface area (Å²) >= 11 is 0. The average Bonchev–Trinajstić information content (AvgIpc) is 2.55. The van der Waals surface area contributed by atoms with E-state index in [0.717, 1.165) is 23.0 Å². The Balaban J connectivity index is 2.85. The van der Waals surface area contributed by atoms with Crippen molar-refractivity contribution in [3.05, 3.63) is 29.5 Å². The maximum atomic E-state index is 10.7. The van der Waals surface area contributed by atoms with Gasteiger partial charge in [0.15, 0.2) is 12.0 Å². The maximum Gasteiger partial charge on any atom is 0.185 e. The van der Waals surface area contributed by atoms with Crippen LogP contribution in [0.15, 0.2) is 22.6 Å². The molecule has 3 heteroatoms. The van der Waals surface area contributed by atoms with Crippen LogP contribution in [0.4, 0.5) is 0 Å². The van der Waals surface area contributed by atoms with Crippen molar-refractivity contribution in [2.24, 2.45) is 0 Å². The third-order valence-electron chi connectivity index (χ3n) is 2.28. The second-order valence-corrected chi connectivity index (χ2v) is 3.04. The Hall–Kier alpha value is -1.77. The van der Waals surface area contributed by atoms with E-state index in [4.69, 9.17) is 9.15 Å². The van der Waals surface area contributed by atoms with E-state index >= 15 is 0 Å². The van der Waals surface area contributed by atoms with E-state index in [-0.39, 0.29) is 0 Å². The Morgan fingerprint density at radius 2 is 2.21 bits per heavy atom. The number of methoxy groups -OCH3 is 1. The standard InChI is InChI=1S/C11H10O3/c1-7-10(6-12)14-9-5-3-4-8(13-2)11(7)9/h3-6H,1-2H3. The molecule has 0 bridgehead atoms. The summed E-state index contributed by atoms with van der Waals surface area (Å²) in [4.78, 5) is 10.7. The summed E-state index contributed by atoms with van der Waals surface area (Å²) in [7, 11) is 1.60. The molecule has 0 saturated heterocycles. The first-order valence-electron chi connectivity index (χ1n) is 4.29. The first-order chi connectivity index (χ1) is 6.77. The number of aryl methyl sites for hydroxylation is 1. The number of benzene rings is 1. The quantitative estimate of drug-likeness (QED) is 0.683. The molecule has 3 nitrogen and oxygen atoms in total. The molecule has 1 aromatic carbocycles. The Morgan fingerprint density at radius 1 is 1.43 bits per heavy atom. The molecule has 1 heterocycles. The van der Waals surface area contributed by atoms with Crippen LogP contribution in [0.5, 0.6) is 5.75 Å². The van der Waals surface area contributed by atoms with Crippen LogP contribution in [0.1, 0.15) is 16.1 Å². The van der Waals surface area contributed by atoms with E-state index < -0.39 is 0 Å². The van der Waals surface area contributed by atoms with Gasteiger partial charge in [-0.25, -0.2) is 0 Å². The maximum absolute atomic E-state index is 10.7. The van der Waals surface area contributed by atoms with Crippen LogP contribution in [-0.2, 0) is 0 Å². The van der Waals surface area contributed by atoms with E-state index in [0.29, 0.717) is 11.3 Å². The van der Waals surface area contributed by atoms with Gasteiger partial charge < -0.3 is 9.15 Å². The second kappa shape index (κ2) is 3.18. The van der Waals surface area contributed by atoms with Crippen LogP contribution >= 0.6 is 0 Å². The van der Waals surface area contributed by atoms with Gasteiger partial charge >= 0.3 is 0 Å². The fourth-order valence-electron chi connectivity index (χ4n) is 1.57. The van der Waals surface area contributed by atoms with E-state index in [1.165, 1.54) is 0 Å². The van der Waals surface area contributed by atoms with Gasteiger partial charge in [0, 0.05) is 5.56 Å². The summed E-state index contributed by atoms with van der Waals surface area (Å²) in [6.07, 6.45) is 0.717. The molecular weight excluding hydrogens is 180 g/mol. The number of ether oxygens (including phenoxy) is 1. The highest BCUT2D eigenvalue weighted by molar-refractivity contribution is 5.93. The number of hydrogen-bond acceptors (Lipinski definition) is 3. The minimum absolute atomic E-state index is 0.365. The molecule has 0 aliphatic rings. The monoisotopic (exact) mass is 190 g/mol. The number of fused-ring (bicyclic) bond motifs is 1. The minimum Gasteiger partial charge on any atom is -0.496 e. The zero-order valence-corrected chi connectivity index (χ0v) is 8.03. The molecule has 72 valence electrons. The fourth-order valence-corrected chi connectivity index (χ4v) is 1.57. The van der Waals surface area contributed by atoms with E-state index in [1.807, 2.05) is 25.1 Å². The summed E-state index contributed by atoms with van der Waals surface area (Å²) in [5, 5.41) is 0.872. The summed E-state index contributed by atoms with van der Waals surface area (Å²) in [6.45, 7) is 1.85. The molecule has 0 fully saturated rings. The minimum atomic E-state index is 0.365. The zero-order chi connectivity index (χ0) is 10.1. The van der Waals surface area contributed by atoms with Gasteiger partial charge in [0.2, 0.25) is 0 Å². The molecule has 0 aliphatic heterocycles. The highest BCUT2D eigenvalue weighted by atomic mass is 16.5. The largest absolute Gasteiger partial charge is 0.496 e. The van der Waals surface area contributed by atoms with Crippen molar-refractivity contribution in [1.29, 1.82) is 0 Å². The van der Waals surface area contributed by atoms with Crippen LogP contribution in [0.3, 0.4) is 0 Å². The number of furan rings is 1. The second-order valence-electron chi connectivity index (χ2n) is 3.04. The lowest BCUT2D eigenvalue weighted by Gasteiger charge is -2.00. The summed E-state index contributed by atoms with van der Waals surface area (Å²) in [5.41, 5.74) is 1.51. The molecule has 2 aromatic rings. The van der Waals surface area contributed by atoms with Gasteiger partial charge in [-0.05, 0) is 19.1 Å². The Morgan fingerprint density at radius 3 is 2.86 bits per heavy atom. The first kappa shape index (κ1) is 8.81. The first-order valence-corrected chi connectivity index (χ1v) is 4.29. The van der Waals surface area contributed by atoms with Crippen LogP contribution in [0, 0.1) is 6.92 Å². The summed E-state index contributed by atoms with van der Waals surface area (Å²) < 4.78 is 10.5. The number of rotatable bonds is 2. The number of hydrogen-bond donors (Lipinski definition) is 0. The number of carbonyl (C=O) groups excluding carboxylic acids is 1. The van der Waals surface area contributed by atoms with Gasteiger partial charge in [0.05, 0.1) is 12.5 Å². The lowest BCUT2D eigenvalue weighted by Crippen LogP contribution is -1.84. The normalized spacial score (nSPS) is 10.4. The smallest absolute Gasteiger partial charge is 0.185 e. The predicted molar refractivity (Wildman–Crippen MR) is 52.9 cm³/mol. The molecule has 14 heavy (non-hydrogen) atoms. The Kier molecular flexibility index (Phi) is 2.00. The lowest BCUT2D eigenvalue weighted by molar-refractivity contribution is 0.110. The Labute approximate surface area is 81.3 Å². The molecule has 0 N–H and O–H groups in total. The number of carbonyl (C=O) groups is 1. The molecule has 0 unspecified atom stereocenters. The van der Waals surface area contributed by atoms with Gasteiger partial charge in [-0.3, -0.25) is 4.79 Å². The van der Waals surface area contributed by atoms with Crippen molar-refractivity contribution in [3.8, 4) is 5.75 Å². The van der Waals surface area contributed by atoms with Crippen molar-refractivity contribution in [1.82, 2.24) is 0 Å².